The molecule has 0 aliphatic carbocycles. The number of carbonyl (C=O) groups is 1. The van der Waals surface area contributed by atoms with E-state index < -0.39 is 5.41 Å². The van der Waals surface area contributed by atoms with Crippen LogP contribution < -0.4 is 5.73 Å². The molecule has 0 spiro atoms. The van der Waals surface area contributed by atoms with Crippen molar-refractivity contribution in [2.24, 2.45) is 22.2 Å². The van der Waals surface area contributed by atoms with Crippen molar-refractivity contribution in [3.63, 3.8) is 0 Å². The molecule has 0 radical (unpaired) electrons. The Balaban J connectivity index is 2.94. The minimum atomic E-state index is -0.896. The molecule has 3 N–H and O–H groups in total. The largest absolute Gasteiger partial charge is 0.409 e. The molecule has 1 saturated heterocycles. The maximum absolute atomic E-state index is 12.5. The molecule has 5 nitrogen and oxygen atoms in total. The maximum atomic E-state index is 12.5. The molecule has 3 atom stereocenters. The highest BCUT2D eigenvalue weighted by Gasteiger charge is 2.43. The number of carbonyl (C=O) groups excluding carboxylic acids is 1. The lowest BCUT2D eigenvalue weighted by Crippen LogP contribution is -2.50. The van der Waals surface area contributed by atoms with Crippen molar-refractivity contribution in [2.75, 3.05) is 6.54 Å². The van der Waals surface area contributed by atoms with Crippen LogP contribution in [0.1, 0.15) is 40.5 Å². The van der Waals surface area contributed by atoms with E-state index in [0.29, 0.717) is 12.3 Å². The van der Waals surface area contributed by atoms with E-state index in [-0.39, 0.29) is 17.8 Å². The zero-order chi connectivity index (χ0) is 13.2. The van der Waals surface area contributed by atoms with Gasteiger partial charge in [-0.1, -0.05) is 19.0 Å². The van der Waals surface area contributed by atoms with Gasteiger partial charge in [0.1, 0.15) is 5.41 Å². The van der Waals surface area contributed by atoms with Gasteiger partial charge in [-0.15, -0.1) is 0 Å². The van der Waals surface area contributed by atoms with E-state index in [1.165, 1.54) is 0 Å². The molecule has 98 valence electrons. The number of rotatable bonds is 3. The van der Waals surface area contributed by atoms with E-state index >= 15 is 0 Å². The first-order valence-corrected chi connectivity index (χ1v) is 6.15. The third kappa shape index (κ3) is 2.37. The fourth-order valence-electron chi connectivity index (χ4n) is 2.45. The summed E-state index contributed by atoms with van der Waals surface area (Å²) < 4.78 is 0. The van der Waals surface area contributed by atoms with Crippen LogP contribution in [0.25, 0.3) is 0 Å². The Morgan fingerprint density at radius 2 is 2.18 bits per heavy atom. The third-order valence-electron chi connectivity index (χ3n) is 3.90. The summed E-state index contributed by atoms with van der Waals surface area (Å²) in [6.07, 6.45) is 1.54. The Labute approximate surface area is 103 Å². The summed E-state index contributed by atoms with van der Waals surface area (Å²) in [5.41, 5.74) is 4.77. The van der Waals surface area contributed by atoms with Crippen molar-refractivity contribution < 1.29 is 10.0 Å². The van der Waals surface area contributed by atoms with Crippen molar-refractivity contribution in [2.45, 2.75) is 46.6 Å². The topological polar surface area (TPSA) is 78.9 Å². The van der Waals surface area contributed by atoms with Crippen molar-refractivity contribution in [3.8, 4) is 0 Å². The predicted molar refractivity (Wildman–Crippen MR) is 66.8 cm³/mol. The normalized spacial score (nSPS) is 29.2. The first-order valence-electron chi connectivity index (χ1n) is 6.15. The Hall–Kier alpha value is -1.26. The Morgan fingerprint density at radius 1 is 1.59 bits per heavy atom. The van der Waals surface area contributed by atoms with Crippen molar-refractivity contribution in [3.05, 3.63) is 0 Å². The summed E-state index contributed by atoms with van der Waals surface area (Å²) in [6.45, 7) is 8.55. The number of hydrogen-bond acceptors (Lipinski definition) is 3. The first-order chi connectivity index (χ1) is 7.86. The van der Waals surface area contributed by atoms with Gasteiger partial charge >= 0.3 is 0 Å². The summed E-state index contributed by atoms with van der Waals surface area (Å²) in [4.78, 5) is 14.4. The molecule has 0 saturated carbocycles. The lowest BCUT2D eigenvalue weighted by atomic mass is 9.84. The quantitative estimate of drug-likeness (QED) is 0.339. The number of amidine groups is 1. The highest BCUT2D eigenvalue weighted by atomic mass is 16.4. The molecular formula is C12H23N3O2. The number of amides is 1. The molecule has 1 heterocycles. The highest BCUT2D eigenvalue weighted by Crippen LogP contribution is 2.31. The van der Waals surface area contributed by atoms with Gasteiger partial charge in [0.25, 0.3) is 0 Å². The number of hydrogen-bond donors (Lipinski definition) is 2. The van der Waals surface area contributed by atoms with Crippen molar-refractivity contribution in [1.82, 2.24) is 4.90 Å². The van der Waals surface area contributed by atoms with E-state index in [0.717, 1.165) is 13.0 Å². The van der Waals surface area contributed by atoms with Crippen molar-refractivity contribution in [1.29, 1.82) is 0 Å². The second-order valence-corrected chi connectivity index (χ2v) is 5.32. The van der Waals surface area contributed by atoms with Crippen molar-refractivity contribution >= 4 is 11.7 Å². The fraction of sp³-hybridized carbons (Fsp3) is 0.833. The smallest absolute Gasteiger partial charge is 0.236 e. The van der Waals surface area contributed by atoms with Crippen LogP contribution in [0.3, 0.4) is 0 Å². The summed E-state index contributed by atoms with van der Waals surface area (Å²) in [7, 11) is 0. The maximum Gasteiger partial charge on any atom is 0.236 e. The van der Waals surface area contributed by atoms with Gasteiger partial charge in [-0.25, -0.2) is 0 Å². The van der Waals surface area contributed by atoms with Gasteiger partial charge in [-0.2, -0.15) is 0 Å². The van der Waals surface area contributed by atoms with E-state index in [9.17, 15) is 4.79 Å². The standard InChI is InChI=1S/C12H23N3O2/c1-5-12(4,10(13)14-17)11(16)15-7-8(2)6-9(15)3/h8-9,17H,5-7H2,1-4H3,(H2,13,14). The Morgan fingerprint density at radius 3 is 2.53 bits per heavy atom. The second kappa shape index (κ2) is 4.94. The van der Waals surface area contributed by atoms with Gasteiger partial charge in [0.05, 0.1) is 0 Å². The van der Waals surface area contributed by atoms with E-state index in [2.05, 4.69) is 12.1 Å². The Bertz CT molecular complexity index is 330. The molecule has 0 bridgehead atoms. The summed E-state index contributed by atoms with van der Waals surface area (Å²) >= 11 is 0. The van der Waals surface area contributed by atoms with Crippen LogP contribution in [0.2, 0.25) is 0 Å². The van der Waals surface area contributed by atoms with Gasteiger partial charge in [-0.3, -0.25) is 4.79 Å². The molecule has 1 amide bonds. The summed E-state index contributed by atoms with van der Waals surface area (Å²) in [5, 5.41) is 11.8. The van der Waals surface area contributed by atoms with Gasteiger partial charge in [-0.05, 0) is 32.6 Å². The van der Waals surface area contributed by atoms with E-state index in [4.69, 9.17) is 10.9 Å². The number of nitrogens with zero attached hydrogens (tertiary/aromatic N) is 2. The minimum Gasteiger partial charge on any atom is -0.409 e. The lowest BCUT2D eigenvalue weighted by molar-refractivity contribution is -0.138. The molecule has 5 heteroatoms. The molecular weight excluding hydrogens is 218 g/mol. The number of nitrogens with two attached hydrogens (primary N) is 1. The van der Waals surface area contributed by atoms with E-state index in [1.807, 2.05) is 18.7 Å². The molecule has 0 aromatic rings. The van der Waals surface area contributed by atoms with Crippen LogP contribution in [0.5, 0.6) is 0 Å². The molecule has 1 fully saturated rings. The molecule has 0 aromatic carbocycles. The van der Waals surface area contributed by atoms with E-state index in [1.54, 1.807) is 6.92 Å². The van der Waals surface area contributed by atoms with Crippen LogP contribution in [0.4, 0.5) is 0 Å². The third-order valence-corrected chi connectivity index (χ3v) is 3.90. The Kier molecular flexibility index (Phi) is 4.01. The van der Waals surface area contributed by atoms with Crippen LogP contribution >= 0.6 is 0 Å². The van der Waals surface area contributed by atoms with Crippen LogP contribution in [-0.4, -0.2) is 34.4 Å². The molecule has 1 aliphatic rings. The summed E-state index contributed by atoms with van der Waals surface area (Å²) in [6, 6.07) is 0.231. The molecule has 0 aromatic heterocycles. The highest BCUT2D eigenvalue weighted by molar-refractivity contribution is 6.06. The van der Waals surface area contributed by atoms with Crippen LogP contribution in [0, 0.1) is 11.3 Å². The van der Waals surface area contributed by atoms with Crippen LogP contribution in [-0.2, 0) is 4.79 Å². The minimum absolute atomic E-state index is 0.00301. The zero-order valence-electron chi connectivity index (χ0n) is 11.1. The first kappa shape index (κ1) is 13.8. The second-order valence-electron chi connectivity index (χ2n) is 5.32. The molecule has 1 rings (SSSR count). The molecule has 17 heavy (non-hydrogen) atoms. The fourth-order valence-corrected chi connectivity index (χ4v) is 2.45. The zero-order valence-corrected chi connectivity index (χ0v) is 11.1. The van der Waals surface area contributed by atoms with Gasteiger partial charge < -0.3 is 15.8 Å². The van der Waals surface area contributed by atoms with Gasteiger partial charge in [0, 0.05) is 12.6 Å². The average molecular weight is 241 g/mol. The average Bonchev–Trinajstić information content (AvgIpc) is 2.65. The molecule has 3 unspecified atom stereocenters. The van der Waals surface area contributed by atoms with Crippen LogP contribution in [0.15, 0.2) is 5.16 Å². The lowest BCUT2D eigenvalue weighted by Gasteiger charge is -2.32. The monoisotopic (exact) mass is 241 g/mol. The van der Waals surface area contributed by atoms with Gasteiger partial charge in [0.2, 0.25) is 5.91 Å². The summed E-state index contributed by atoms with van der Waals surface area (Å²) in [5.74, 6) is 0.478. The van der Waals surface area contributed by atoms with Gasteiger partial charge in [0.15, 0.2) is 5.84 Å². The SMILES string of the molecule is CCC(C)(C(=O)N1CC(C)CC1C)C(N)=NO. The number of likely N-dealkylation sites (tertiary alicyclic amines) is 1. The molecule has 1 aliphatic heterocycles. The number of oxime groups is 1. The predicted octanol–water partition coefficient (Wildman–Crippen LogP) is 1.41.